The molecule has 4 saturated heterocycles. The topological polar surface area (TPSA) is 274 Å². The third kappa shape index (κ3) is 27.5. The number of carbonyl (C=O) groups is 6. The SMILES string of the molecule is C=CC(=O)OCCCCCCOc1ccc(/C=C/C(=O)O)cc1.C=CC(=O)OCCCCCCOc1ccc(/C=C/C(=O)O[C@H]2CO[C@H]3[C@@H]2OC[C@H]3OC(=O)/C=C/c2ccc(OCCCCCCOC(=O)C=C)cc2)cc1.O[C@@H]1CO[C@H]2[C@@H]1OC[C@@H]2O. The van der Waals surface area contributed by atoms with Crippen LogP contribution < -0.4 is 14.2 Å². The third-order valence-electron chi connectivity index (χ3n) is 13.5. The Hall–Kier alpha value is -7.92. The maximum Gasteiger partial charge on any atom is 0.331 e. The van der Waals surface area contributed by atoms with Gasteiger partial charge in [0.1, 0.15) is 53.9 Å². The molecule has 0 bridgehead atoms. The molecule has 4 aliphatic heterocycles. The molecule has 4 heterocycles. The van der Waals surface area contributed by atoms with Gasteiger partial charge >= 0.3 is 35.8 Å². The lowest BCUT2D eigenvalue weighted by atomic mass is 10.1. The molecule has 8 atom stereocenters. The number of unbranched alkanes of at least 4 members (excludes halogenated alkanes) is 9. The highest BCUT2D eigenvalue weighted by atomic mass is 16.7. The second-order valence-corrected chi connectivity index (χ2v) is 20.2. The second-order valence-electron chi connectivity index (χ2n) is 20.2. The van der Waals surface area contributed by atoms with E-state index in [2.05, 4.69) is 19.7 Å². The summed E-state index contributed by atoms with van der Waals surface area (Å²) in [5.74, 6) is -0.989. The summed E-state index contributed by atoms with van der Waals surface area (Å²) in [5.41, 5.74) is 2.43. The number of aliphatic carboxylic acids is 1. The van der Waals surface area contributed by atoms with Crippen LogP contribution in [0.5, 0.6) is 17.2 Å². The van der Waals surface area contributed by atoms with Crippen molar-refractivity contribution in [2.75, 3.05) is 66.1 Å². The van der Waals surface area contributed by atoms with Crippen molar-refractivity contribution >= 4 is 54.0 Å². The molecule has 3 aromatic carbocycles. The van der Waals surface area contributed by atoms with E-state index in [-0.39, 0.29) is 44.6 Å². The molecular weight excluding hydrogens is 1130 g/mol. The first kappa shape index (κ1) is 69.8. The van der Waals surface area contributed by atoms with Crippen molar-refractivity contribution in [1.82, 2.24) is 0 Å². The number of ether oxygens (including phenoxy) is 12. The number of hydrogen-bond acceptors (Lipinski definition) is 20. The Morgan fingerprint density at radius 3 is 0.977 bits per heavy atom. The van der Waals surface area contributed by atoms with Gasteiger partial charge in [-0.1, -0.05) is 56.1 Å². The summed E-state index contributed by atoms with van der Waals surface area (Å²) < 4.78 is 65.0. The van der Waals surface area contributed by atoms with E-state index in [4.69, 9.17) is 72.2 Å². The Morgan fingerprint density at radius 1 is 0.391 bits per heavy atom. The Morgan fingerprint density at radius 2 is 0.678 bits per heavy atom. The summed E-state index contributed by atoms with van der Waals surface area (Å²) in [6, 6.07) is 22.0. The van der Waals surface area contributed by atoms with E-state index in [9.17, 15) is 28.8 Å². The zero-order valence-electron chi connectivity index (χ0n) is 49.1. The largest absolute Gasteiger partial charge is 0.494 e. The molecule has 3 aromatic rings. The summed E-state index contributed by atoms with van der Waals surface area (Å²) in [4.78, 5) is 68.5. The van der Waals surface area contributed by atoms with Crippen LogP contribution in [0.15, 0.2) is 129 Å². The standard InChI is InChI=1S/C42H50O12.C18H22O5.C6H10O4/c1-3-37(43)49-27-11-7-5-9-25-47-33-19-13-31(14-20-33)17-23-39(45)53-35-29-51-42-36(30-52-41(35)42)54-40(46)24-18-32-15-21-34(22-16-32)48-26-10-6-8-12-28-50-38(44)4-2;1-2-18(21)23-14-6-4-3-5-13-22-16-10-7-15(8-11-16)9-12-17(19)20;7-3-1-9-6-4(8)2-10-5(3)6/h3-4,13-24,35-36,41-42H,1-2,5-12,25-30H2;2,7-12H,1,3-6,13-14H2,(H,19,20);3-8H,1-2H2/b23-17+,24-18+;12-9+;/t35-,36+,41-,42-;;3-,4+,5-,6-/m1.1/s1. The minimum atomic E-state index is -0.968. The van der Waals surface area contributed by atoms with E-state index in [1.807, 2.05) is 72.8 Å². The van der Waals surface area contributed by atoms with Gasteiger partial charge in [0.25, 0.3) is 0 Å². The Labute approximate surface area is 508 Å². The molecule has 21 nitrogen and oxygen atoms in total. The number of rotatable bonds is 35. The van der Waals surface area contributed by atoms with E-state index < -0.39 is 66.5 Å². The van der Waals surface area contributed by atoms with Gasteiger partial charge in [0.2, 0.25) is 0 Å². The van der Waals surface area contributed by atoms with Gasteiger partial charge in [-0.15, -0.1) is 0 Å². The van der Waals surface area contributed by atoms with Crippen molar-refractivity contribution in [1.29, 1.82) is 0 Å². The molecular formula is C66H82O21. The number of carboxylic acids is 1. The number of aliphatic hydroxyl groups is 2. The zero-order chi connectivity index (χ0) is 62.4. The van der Waals surface area contributed by atoms with Crippen LogP contribution in [0.4, 0.5) is 0 Å². The molecule has 0 spiro atoms. The first-order valence-electron chi connectivity index (χ1n) is 29.3. The number of esters is 5. The quantitative estimate of drug-likeness (QED) is 0.0216. The zero-order valence-corrected chi connectivity index (χ0v) is 49.1. The van der Waals surface area contributed by atoms with E-state index in [1.165, 1.54) is 18.2 Å². The van der Waals surface area contributed by atoms with Gasteiger partial charge in [-0.2, -0.15) is 0 Å². The Kier molecular flexibility index (Phi) is 32.5. The predicted molar refractivity (Wildman–Crippen MR) is 320 cm³/mol. The highest BCUT2D eigenvalue weighted by molar-refractivity contribution is 5.88. The second kappa shape index (κ2) is 40.5. The highest BCUT2D eigenvalue weighted by Gasteiger charge is 2.51. The molecule has 87 heavy (non-hydrogen) atoms. The molecule has 0 amide bonds. The summed E-state index contributed by atoms with van der Waals surface area (Å²) >= 11 is 0. The number of fused-ring (bicyclic) bond motifs is 2. The molecule has 0 aromatic heterocycles. The third-order valence-corrected chi connectivity index (χ3v) is 13.5. The van der Waals surface area contributed by atoms with Gasteiger partial charge in [0, 0.05) is 36.5 Å². The smallest absolute Gasteiger partial charge is 0.331 e. The van der Waals surface area contributed by atoms with Crippen molar-refractivity contribution in [2.45, 2.75) is 126 Å². The van der Waals surface area contributed by atoms with Crippen molar-refractivity contribution in [2.24, 2.45) is 0 Å². The molecule has 4 fully saturated rings. The molecule has 0 radical (unpaired) electrons. The minimum Gasteiger partial charge on any atom is -0.494 e. The summed E-state index contributed by atoms with van der Waals surface area (Å²) in [6.45, 7) is 13.9. The van der Waals surface area contributed by atoms with Crippen LogP contribution in [-0.2, 0) is 71.4 Å². The van der Waals surface area contributed by atoms with Crippen molar-refractivity contribution in [3.63, 3.8) is 0 Å². The maximum atomic E-state index is 12.6. The first-order valence-corrected chi connectivity index (χ1v) is 29.3. The fourth-order valence-electron chi connectivity index (χ4n) is 8.93. The van der Waals surface area contributed by atoms with Crippen molar-refractivity contribution in [3.05, 3.63) is 146 Å². The molecule has 0 saturated carbocycles. The molecule has 0 aliphatic carbocycles. The lowest BCUT2D eigenvalue weighted by Crippen LogP contribution is -2.35. The van der Waals surface area contributed by atoms with Crippen LogP contribution in [0, 0.1) is 0 Å². The van der Waals surface area contributed by atoms with Crippen LogP contribution in [0.3, 0.4) is 0 Å². The lowest BCUT2D eigenvalue weighted by molar-refractivity contribution is -0.149. The average molecular weight is 1210 g/mol. The van der Waals surface area contributed by atoms with Gasteiger partial charge in [-0.3, -0.25) is 0 Å². The molecule has 7 rings (SSSR count). The molecule has 3 N–H and O–H groups in total. The van der Waals surface area contributed by atoms with E-state index in [0.29, 0.717) is 39.6 Å². The number of benzene rings is 3. The predicted octanol–water partition coefficient (Wildman–Crippen LogP) is 8.33. The lowest BCUT2D eigenvalue weighted by Gasteiger charge is -2.16. The van der Waals surface area contributed by atoms with Gasteiger partial charge in [0.05, 0.1) is 66.1 Å². The molecule has 0 unspecified atom stereocenters. The van der Waals surface area contributed by atoms with E-state index in [1.54, 1.807) is 12.2 Å². The Bertz CT molecular complexity index is 2550. The molecule has 4 aliphatic rings. The van der Waals surface area contributed by atoms with E-state index in [0.717, 1.165) is 135 Å². The monoisotopic (exact) mass is 1210 g/mol. The molecule has 21 heteroatoms. The maximum absolute atomic E-state index is 12.6. The number of carbonyl (C=O) groups excluding carboxylic acids is 5. The Balaban J connectivity index is 0.000000338. The van der Waals surface area contributed by atoms with Crippen LogP contribution in [-0.4, -0.2) is 166 Å². The van der Waals surface area contributed by atoms with Gasteiger partial charge < -0.3 is 72.2 Å². The van der Waals surface area contributed by atoms with Gasteiger partial charge in [-0.25, -0.2) is 28.8 Å². The molecule has 472 valence electrons. The number of aliphatic hydroxyl groups excluding tert-OH is 2. The summed E-state index contributed by atoms with van der Waals surface area (Å²) in [5, 5.41) is 26.9. The number of hydrogen-bond donors (Lipinski definition) is 3. The van der Waals surface area contributed by atoms with E-state index >= 15 is 0 Å². The van der Waals surface area contributed by atoms with Crippen molar-refractivity contribution < 1.29 is 101 Å². The average Bonchev–Trinajstić information content (AvgIpc) is 3.14. The van der Waals surface area contributed by atoms with Crippen LogP contribution in [0.1, 0.15) is 93.7 Å². The normalized spacial score (nSPS) is 20.6. The van der Waals surface area contributed by atoms with Crippen molar-refractivity contribution in [3.8, 4) is 17.2 Å². The van der Waals surface area contributed by atoms with Gasteiger partial charge in [-0.05, 0) is 148 Å². The summed E-state index contributed by atoms with van der Waals surface area (Å²) in [7, 11) is 0. The fraction of sp³-hybridized carbons (Fsp3) is 0.455. The van der Waals surface area contributed by atoms with Crippen LogP contribution in [0.2, 0.25) is 0 Å². The van der Waals surface area contributed by atoms with Crippen LogP contribution >= 0.6 is 0 Å². The van der Waals surface area contributed by atoms with Crippen LogP contribution in [0.25, 0.3) is 18.2 Å². The number of carboxylic acid groups (broad SMARTS) is 1. The summed E-state index contributed by atoms with van der Waals surface area (Å²) in [6.07, 6.45) is 19.0. The first-order chi connectivity index (χ1) is 42.2. The van der Waals surface area contributed by atoms with Gasteiger partial charge in [0.15, 0.2) is 12.2 Å². The highest BCUT2D eigenvalue weighted by Crippen LogP contribution is 2.31. The minimum absolute atomic E-state index is 0.134. The fourth-order valence-corrected chi connectivity index (χ4v) is 8.93.